The van der Waals surface area contributed by atoms with Crippen LogP contribution in [0.25, 0.3) is 0 Å². The van der Waals surface area contributed by atoms with Gasteiger partial charge >= 0.3 is 5.97 Å². The largest absolute Gasteiger partial charge is 0.497 e. The number of rotatable bonds is 8. The van der Waals surface area contributed by atoms with Gasteiger partial charge in [-0.3, -0.25) is 9.59 Å². The van der Waals surface area contributed by atoms with E-state index in [-0.39, 0.29) is 23.8 Å². The lowest BCUT2D eigenvalue weighted by atomic mass is 10.1. The smallest absolute Gasteiger partial charge is 0.341 e. The predicted molar refractivity (Wildman–Crippen MR) is 108 cm³/mol. The summed E-state index contributed by atoms with van der Waals surface area (Å²) in [4.78, 5) is 37.4. The van der Waals surface area contributed by atoms with Gasteiger partial charge in [-0.1, -0.05) is 19.1 Å². The number of nitrogens with one attached hydrogen (secondary N) is 2. The Morgan fingerprint density at radius 3 is 2.36 bits per heavy atom. The van der Waals surface area contributed by atoms with E-state index in [0.29, 0.717) is 27.7 Å². The van der Waals surface area contributed by atoms with E-state index in [4.69, 9.17) is 9.47 Å². The Balaban J connectivity index is 2.23. The minimum absolute atomic E-state index is 0.124. The van der Waals surface area contributed by atoms with Gasteiger partial charge in [0.25, 0.3) is 5.91 Å². The fraction of sp³-hybridized carbons (Fsp3) is 0.350. The molecule has 2 amide bonds. The van der Waals surface area contributed by atoms with E-state index in [2.05, 4.69) is 10.6 Å². The number of carbonyl (C=O) groups is 3. The van der Waals surface area contributed by atoms with Gasteiger partial charge in [0.15, 0.2) is 0 Å². The number of hydrogen-bond donors (Lipinski definition) is 2. The number of carbonyl (C=O) groups excluding carboxylic acids is 3. The highest BCUT2D eigenvalue weighted by molar-refractivity contribution is 7.18. The Kier molecular flexibility index (Phi) is 7.57. The van der Waals surface area contributed by atoms with Crippen molar-refractivity contribution >= 4 is 34.1 Å². The maximum atomic E-state index is 12.5. The highest BCUT2D eigenvalue weighted by Gasteiger charge is 2.26. The number of anilines is 1. The minimum Gasteiger partial charge on any atom is -0.497 e. The predicted octanol–water partition coefficient (Wildman–Crippen LogP) is 3.17. The number of hydrogen-bond acceptors (Lipinski definition) is 6. The molecule has 2 aromatic rings. The van der Waals surface area contributed by atoms with Gasteiger partial charge in [-0.05, 0) is 36.6 Å². The first-order chi connectivity index (χ1) is 13.4. The summed E-state index contributed by atoms with van der Waals surface area (Å²) >= 11 is 1.07. The van der Waals surface area contributed by atoms with Crippen molar-refractivity contribution in [3.63, 3.8) is 0 Å². The van der Waals surface area contributed by atoms with E-state index in [0.717, 1.165) is 23.3 Å². The third kappa shape index (κ3) is 5.10. The van der Waals surface area contributed by atoms with Crippen molar-refractivity contribution in [2.75, 3.05) is 26.1 Å². The second kappa shape index (κ2) is 9.89. The first kappa shape index (κ1) is 21.4. The molecule has 1 aromatic carbocycles. The summed E-state index contributed by atoms with van der Waals surface area (Å²) < 4.78 is 9.93. The van der Waals surface area contributed by atoms with Gasteiger partial charge in [0.2, 0.25) is 5.91 Å². The second-order valence-corrected chi connectivity index (χ2v) is 7.10. The van der Waals surface area contributed by atoms with Crippen LogP contribution in [-0.2, 0) is 16.0 Å². The third-order valence-corrected chi connectivity index (χ3v) is 5.26. The highest BCUT2D eigenvalue weighted by atomic mass is 32.1. The average molecular weight is 404 g/mol. The standard InChI is InChI=1S/C20H24N2O5S/c1-5-10-21-18(24)17-12(2)16(20(25)27-4)19(28-17)22-15(23)11-13-6-8-14(26-3)9-7-13/h6-9H,5,10-11H2,1-4H3,(H,21,24)(H,22,23). The van der Waals surface area contributed by atoms with Crippen molar-refractivity contribution in [1.29, 1.82) is 0 Å². The Bertz CT molecular complexity index is 858. The first-order valence-electron chi connectivity index (χ1n) is 8.83. The Hall–Kier alpha value is -2.87. The molecular formula is C20H24N2O5S. The quantitative estimate of drug-likeness (QED) is 0.659. The molecule has 2 N–H and O–H groups in total. The zero-order chi connectivity index (χ0) is 20.7. The zero-order valence-electron chi connectivity index (χ0n) is 16.4. The second-order valence-electron chi connectivity index (χ2n) is 6.08. The average Bonchev–Trinajstić information content (AvgIpc) is 3.01. The lowest BCUT2D eigenvalue weighted by Gasteiger charge is -2.07. The molecule has 28 heavy (non-hydrogen) atoms. The maximum Gasteiger partial charge on any atom is 0.341 e. The Morgan fingerprint density at radius 1 is 1.11 bits per heavy atom. The van der Waals surface area contributed by atoms with Crippen LogP contribution in [0.4, 0.5) is 5.00 Å². The summed E-state index contributed by atoms with van der Waals surface area (Å²) in [6.45, 7) is 4.15. The van der Waals surface area contributed by atoms with Crippen LogP contribution in [-0.4, -0.2) is 38.5 Å². The SMILES string of the molecule is CCCNC(=O)c1sc(NC(=O)Cc2ccc(OC)cc2)c(C(=O)OC)c1C. The number of benzene rings is 1. The van der Waals surface area contributed by atoms with Crippen molar-refractivity contribution in [2.24, 2.45) is 0 Å². The highest BCUT2D eigenvalue weighted by Crippen LogP contribution is 2.33. The van der Waals surface area contributed by atoms with Gasteiger partial charge in [0, 0.05) is 6.54 Å². The van der Waals surface area contributed by atoms with Crippen molar-refractivity contribution < 1.29 is 23.9 Å². The summed E-state index contributed by atoms with van der Waals surface area (Å²) in [6, 6.07) is 7.13. The Labute approximate surface area is 168 Å². The van der Waals surface area contributed by atoms with E-state index in [1.54, 1.807) is 38.3 Å². The summed E-state index contributed by atoms with van der Waals surface area (Å²) in [6.07, 6.45) is 0.921. The minimum atomic E-state index is -0.594. The molecule has 2 rings (SSSR count). The van der Waals surface area contributed by atoms with Crippen molar-refractivity contribution in [2.45, 2.75) is 26.7 Å². The molecular weight excluding hydrogens is 380 g/mol. The van der Waals surface area contributed by atoms with Gasteiger partial charge in [0.05, 0.1) is 31.1 Å². The van der Waals surface area contributed by atoms with Crippen molar-refractivity contribution in [3.8, 4) is 5.75 Å². The van der Waals surface area contributed by atoms with Gasteiger partial charge in [-0.25, -0.2) is 4.79 Å². The molecule has 0 radical (unpaired) electrons. The monoisotopic (exact) mass is 404 g/mol. The maximum absolute atomic E-state index is 12.5. The van der Waals surface area contributed by atoms with Crippen LogP contribution >= 0.6 is 11.3 Å². The third-order valence-electron chi connectivity index (χ3n) is 4.05. The summed E-state index contributed by atoms with van der Waals surface area (Å²) in [5.74, 6) is -0.459. The molecule has 0 aliphatic heterocycles. The fourth-order valence-electron chi connectivity index (χ4n) is 2.58. The lowest BCUT2D eigenvalue weighted by Crippen LogP contribution is -2.23. The Morgan fingerprint density at radius 2 is 1.79 bits per heavy atom. The zero-order valence-corrected chi connectivity index (χ0v) is 17.2. The normalized spacial score (nSPS) is 10.3. The first-order valence-corrected chi connectivity index (χ1v) is 9.65. The topological polar surface area (TPSA) is 93.7 Å². The molecule has 1 aromatic heterocycles. The number of amides is 2. The summed E-state index contributed by atoms with van der Waals surface area (Å²) in [5.41, 5.74) is 1.49. The van der Waals surface area contributed by atoms with Crippen LogP contribution in [0.2, 0.25) is 0 Å². The lowest BCUT2D eigenvalue weighted by molar-refractivity contribution is -0.115. The van der Waals surface area contributed by atoms with Crippen LogP contribution in [0.1, 0.15) is 44.5 Å². The molecule has 0 saturated carbocycles. The number of ether oxygens (including phenoxy) is 2. The van der Waals surface area contributed by atoms with Crippen LogP contribution in [0, 0.1) is 6.92 Å². The molecule has 0 fully saturated rings. The molecule has 0 aliphatic rings. The summed E-state index contributed by atoms with van der Waals surface area (Å²) in [7, 11) is 2.84. The molecule has 7 nitrogen and oxygen atoms in total. The van der Waals surface area contributed by atoms with E-state index in [1.165, 1.54) is 7.11 Å². The van der Waals surface area contributed by atoms with Crippen molar-refractivity contribution in [1.82, 2.24) is 5.32 Å². The molecule has 150 valence electrons. The van der Waals surface area contributed by atoms with Gasteiger partial charge in [-0.15, -0.1) is 11.3 Å². The van der Waals surface area contributed by atoms with E-state index in [1.807, 2.05) is 6.92 Å². The van der Waals surface area contributed by atoms with Crippen LogP contribution in [0.3, 0.4) is 0 Å². The molecule has 0 atom stereocenters. The summed E-state index contributed by atoms with van der Waals surface area (Å²) in [5, 5.41) is 5.84. The molecule has 0 bridgehead atoms. The molecule has 0 unspecified atom stereocenters. The van der Waals surface area contributed by atoms with Crippen LogP contribution < -0.4 is 15.4 Å². The van der Waals surface area contributed by atoms with E-state index < -0.39 is 5.97 Å². The van der Waals surface area contributed by atoms with Gasteiger partial charge in [-0.2, -0.15) is 0 Å². The molecule has 0 spiro atoms. The molecule has 8 heteroatoms. The number of esters is 1. The van der Waals surface area contributed by atoms with Crippen LogP contribution in [0.5, 0.6) is 5.75 Å². The molecule has 0 saturated heterocycles. The fourth-order valence-corrected chi connectivity index (χ4v) is 3.71. The number of thiophene rings is 1. The molecule has 1 heterocycles. The molecule has 0 aliphatic carbocycles. The van der Waals surface area contributed by atoms with E-state index >= 15 is 0 Å². The number of methoxy groups -OCH3 is 2. The van der Waals surface area contributed by atoms with Gasteiger partial charge in [0.1, 0.15) is 10.8 Å². The van der Waals surface area contributed by atoms with E-state index in [9.17, 15) is 14.4 Å². The van der Waals surface area contributed by atoms with Crippen LogP contribution in [0.15, 0.2) is 24.3 Å². The van der Waals surface area contributed by atoms with Crippen molar-refractivity contribution in [3.05, 3.63) is 45.8 Å². The van der Waals surface area contributed by atoms with Gasteiger partial charge < -0.3 is 20.1 Å².